The molecular weight excluding hydrogens is 428 g/mol. The highest BCUT2D eigenvalue weighted by molar-refractivity contribution is 7.99. The fourth-order valence-corrected chi connectivity index (χ4v) is 6.00. The predicted octanol–water partition coefficient (Wildman–Crippen LogP) is 3.29. The van der Waals surface area contributed by atoms with Gasteiger partial charge in [-0.15, -0.1) is 11.8 Å². The largest absolute Gasteiger partial charge is 0.480 e. The van der Waals surface area contributed by atoms with Gasteiger partial charge in [0, 0.05) is 23.6 Å². The van der Waals surface area contributed by atoms with Crippen molar-refractivity contribution in [1.29, 1.82) is 0 Å². The van der Waals surface area contributed by atoms with Crippen LogP contribution in [0, 0.1) is 5.92 Å². The second kappa shape index (κ2) is 8.50. The topological polar surface area (TPSA) is 95.9 Å². The van der Waals surface area contributed by atoms with Gasteiger partial charge in [0.2, 0.25) is 5.91 Å². The molecule has 2 amide bonds. The number of nitrogens with one attached hydrogen (secondary N) is 1. The minimum absolute atomic E-state index is 0.00415. The summed E-state index contributed by atoms with van der Waals surface area (Å²) in [6.07, 6.45) is 0.537. The minimum atomic E-state index is -0.962. The molecule has 0 radical (unpaired) electrons. The van der Waals surface area contributed by atoms with Crippen molar-refractivity contribution >= 4 is 29.7 Å². The van der Waals surface area contributed by atoms with Crippen molar-refractivity contribution in [2.24, 2.45) is 5.92 Å². The van der Waals surface area contributed by atoms with Crippen molar-refractivity contribution in [1.82, 2.24) is 10.2 Å². The van der Waals surface area contributed by atoms with Crippen molar-refractivity contribution < 1.29 is 24.2 Å². The Morgan fingerprint density at radius 2 is 1.66 bits per heavy atom. The number of ether oxygens (including phenoxy) is 1. The van der Waals surface area contributed by atoms with Crippen molar-refractivity contribution in [3.8, 4) is 11.1 Å². The first-order valence-corrected chi connectivity index (χ1v) is 11.9. The molecule has 0 aromatic heterocycles. The second-order valence-electron chi connectivity index (χ2n) is 8.50. The van der Waals surface area contributed by atoms with E-state index >= 15 is 0 Å². The number of carboxylic acids is 1. The van der Waals surface area contributed by atoms with E-state index in [-0.39, 0.29) is 30.4 Å². The Kier molecular flexibility index (Phi) is 5.55. The van der Waals surface area contributed by atoms with E-state index in [4.69, 9.17) is 4.74 Å². The van der Waals surface area contributed by atoms with Crippen LogP contribution in [0.4, 0.5) is 4.79 Å². The molecule has 1 aliphatic heterocycles. The van der Waals surface area contributed by atoms with E-state index in [0.717, 1.165) is 11.1 Å². The highest BCUT2D eigenvalue weighted by atomic mass is 32.2. The van der Waals surface area contributed by atoms with Gasteiger partial charge < -0.3 is 20.1 Å². The number of carbonyl (C=O) groups excluding carboxylic acids is 2. The summed E-state index contributed by atoms with van der Waals surface area (Å²) >= 11 is 1.45. The van der Waals surface area contributed by atoms with Crippen LogP contribution in [-0.4, -0.2) is 58.3 Å². The lowest BCUT2D eigenvalue weighted by atomic mass is 9.79. The Hall–Kier alpha value is -3.00. The van der Waals surface area contributed by atoms with E-state index in [2.05, 4.69) is 29.6 Å². The van der Waals surface area contributed by atoms with E-state index in [9.17, 15) is 19.5 Å². The molecule has 1 saturated heterocycles. The van der Waals surface area contributed by atoms with Gasteiger partial charge >= 0.3 is 12.1 Å². The van der Waals surface area contributed by atoms with Gasteiger partial charge in [-0.25, -0.2) is 9.59 Å². The number of alkyl carbamates (subject to hydrolysis) is 1. The standard InChI is InChI=1S/C24H24N2O5S/c27-22(26-13-32-12-21(26)23(28)29)14-9-15(10-14)25-24(30)31-11-20-18-7-3-1-5-16(18)17-6-2-4-8-19(17)20/h1-8,14-15,20-21H,9-13H2,(H,25,30)(H,28,29)/t14?,15?,21-/m0/s1. The first-order chi connectivity index (χ1) is 15.5. The van der Waals surface area contributed by atoms with Gasteiger partial charge in [-0.1, -0.05) is 48.5 Å². The van der Waals surface area contributed by atoms with Crippen molar-refractivity contribution in [2.75, 3.05) is 18.2 Å². The normalized spacial score (nSPS) is 23.8. The van der Waals surface area contributed by atoms with Crippen LogP contribution < -0.4 is 5.32 Å². The third-order valence-electron chi connectivity index (χ3n) is 6.60. The van der Waals surface area contributed by atoms with Gasteiger partial charge in [0.1, 0.15) is 12.6 Å². The minimum Gasteiger partial charge on any atom is -0.480 e. The Balaban J connectivity index is 1.13. The third kappa shape index (κ3) is 3.72. The molecule has 2 fully saturated rings. The number of amides is 2. The summed E-state index contributed by atoms with van der Waals surface area (Å²) in [5.74, 6) is -0.491. The lowest BCUT2D eigenvalue weighted by Crippen LogP contribution is -2.52. The molecule has 32 heavy (non-hydrogen) atoms. The van der Waals surface area contributed by atoms with E-state index < -0.39 is 18.1 Å². The zero-order valence-electron chi connectivity index (χ0n) is 17.4. The summed E-state index contributed by atoms with van der Waals surface area (Å²) < 4.78 is 5.56. The number of hydrogen-bond donors (Lipinski definition) is 2. The molecule has 0 bridgehead atoms. The average Bonchev–Trinajstić information content (AvgIpc) is 3.38. The molecule has 1 heterocycles. The number of benzene rings is 2. The second-order valence-corrected chi connectivity index (χ2v) is 9.50. The zero-order chi connectivity index (χ0) is 22.2. The molecule has 1 atom stereocenters. The number of rotatable bonds is 5. The molecule has 1 saturated carbocycles. The Labute approximate surface area is 190 Å². The number of nitrogens with zero attached hydrogens (tertiary/aromatic N) is 1. The van der Waals surface area contributed by atoms with Crippen LogP contribution in [0.3, 0.4) is 0 Å². The van der Waals surface area contributed by atoms with Crippen molar-refractivity contribution in [3.05, 3.63) is 59.7 Å². The first-order valence-electron chi connectivity index (χ1n) is 10.8. The van der Waals surface area contributed by atoms with Crippen molar-refractivity contribution in [3.63, 3.8) is 0 Å². The van der Waals surface area contributed by atoms with Crippen LogP contribution in [0.25, 0.3) is 11.1 Å². The molecule has 5 rings (SSSR count). The Morgan fingerprint density at radius 1 is 1.03 bits per heavy atom. The fraction of sp³-hybridized carbons (Fsp3) is 0.375. The molecule has 2 N–H and O–H groups in total. The van der Waals surface area contributed by atoms with Gasteiger partial charge in [0.05, 0.1) is 5.88 Å². The number of carboxylic acid groups (broad SMARTS) is 1. The van der Waals surface area contributed by atoms with Crippen LogP contribution in [-0.2, 0) is 14.3 Å². The first kappa shape index (κ1) is 20.9. The summed E-state index contributed by atoms with van der Waals surface area (Å²) in [7, 11) is 0. The maximum Gasteiger partial charge on any atom is 0.407 e. The fourth-order valence-electron chi connectivity index (χ4n) is 4.84. The maximum atomic E-state index is 12.6. The quantitative estimate of drug-likeness (QED) is 0.723. The highest BCUT2D eigenvalue weighted by Gasteiger charge is 2.43. The maximum absolute atomic E-state index is 12.6. The number of fused-ring (bicyclic) bond motifs is 3. The van der Waals surface area contributed by atoms with E-state index in [1.165, 1.54) is 27.8 Å². The van der Waals surface area contributed by atoms with Gasteiger partial charge in [-0.3, -0.25) is 4.79 Å². The highest BCUT2D eigenvalue weighted by Crippen LogP contribution is 2.44. The Morgan fingerprint density at radius 3 is 2.28 bits per heavy atom. The van der Waals surface area contributed by atoms with E-state index in [0.29, 0.717) is 24.5 Å². The molecule has 3 aliphatic rings. The predicted molar refractivity (Wildman–Crippen MR) is 120 cm³/mol. The number of carbonyl (C=O) groups is 3. The van der Waals surface area contributed by atoms with Crippen molar-refractivity contribution in [2.45, 2.75) is 30.8 Å². The average molecular weight is 453 g/mol. The third-order valence-corrected chi connectivity index (χ3v) is 7.62. The zero-order valence-corrected chi connectivity index (χ0v) is 18.2. The number of hydrogen-bond acceptors (Lipinski definition) is 5. The summed E-state index contributed by atoms with van der Waals surface area (Å²) in [6.45, 7) is 0.250. The molecule has 2 aliphatic carbocycles. The monoisotopic (exact) mass is 452 g/mol. The Bertz CT molecular complexity index is 1020. The lowest BCUT2D eigenvalue weighted by molar-refractivity contribution is -0.151. The van der Waals surface area contributed by atoms with Crippen LogP contribution in [0.1, 0.15) is 29.9 Å². The van der Waals surface area contributed by atoms with E-state index in [1.54, 1.807) is 0 Å². The summed E-state index contributed by atoms with van der Waals surface area (Å²) in [6, 6.07) is 15.5. The van der Waals surface area contributed by atoms with Gasteiger partial charge in [-0.05, 0) is 35.1 Å². The van der Waals surface area contributed by atoms with Crippen LogP contribution in [0.2, 0.25) is 0 Å². The lowest BCUT2D eigenvalue weighted by Gasteiger charge is -2.37. The smallest absolute Gasteiger partial charge is 0.407 e. The molecule has 2 aromatic rings. The van der Waals surface area contributed by atoms with Gasteiger partial charge in [-0.2, -0.15) is 0 Å². The molecular formula is C24H24N2O5S. The summed E-state index contributed by atoms with van der Waals surface area (Å²) in [5, 5.41) is 12.1. The van der Waals surface area contributed by atoms with Gasteiger partial charge in [0.15, 0.2) is 0 Å². The number of thioether (sulfide) groups is 1. The molecule has 7 nitrogen and oxygen atoms in total. The molecule has 0 spiro atoms. The van der Waals surface area contributed by atoms with Crippen LogP contribution >= 0.6 is 11.8 Å². The van der Waals surface area contributed by atoms with Gasteiger partial charge in [0.25, 0.3) is 0 Å². The van der Waals surface area contributed by atoms with Crippen LogP contribution in [0.5, 0.6) is 0 Å². The SMILES string of the molecule is O=C(NC1CC(C(=O)N2CSC[C@H]2C(=O)O)C1)OCC1c2ccccc2-c2ccccc21. The molecule has 2 aromatic carbocycles. The van der Waals surface area contributed by atoms with Crippen LogP contribution in [0.15, 0.2) is 48.5 Å². The number of aliphatic carboxylic acids is 1. The summed E-state index contributed by atoms with van der Waals surface area (Å²) in [5.41, 5.74) is 4.67. The molecule has 8 heteroatoms. The summed E-state index contributed by atoms with van der Waals surface area (Å²) in [4.78, 5) is 37.8. The van der Waals surface area contributed by atoms with E-state index in [1.807, 2.05) is 24.3 Å². The molecule has 166 valence electrons. The molecule has 0 unspecified atom stereocenters.